The zero-order chi connectivity index (χ0) is 10.0. The zero-order valence-corrected chi connectivity index (χ0v) is 7.16. The molecule has 1 atom stereocenters. The highest BCUT2D eigenvalue weighted by Gasteiger charge is 2.26. The number of carboxylic acids is 1. The molecule has 0 aliphatic carbocycles. The second-order valence-electron chi connectivity index (χ2n) is 2.46. The van der Waals surface area contributed by atoms with Crippen LogP contribution in [-0.4, -0.2) is 23.3 Å². The van der Waals surface area contributed by atoms with Crippen molar-refractivity contribution in [2.45, 2.75) is 13.0 Å². The van der Waals surface area contributed by atoms with Crippen LogP contribution in [-0.2, 0) is 9.53 Å². The van der Waals surface area contributed by atoms with E-state index in [1.807, 2.05) is 5.16 Å². The number of aliphatic carboxylic acids is 1. The van der Waals surface area contributed by atoms with Crippen molar-refractivity contribution in [2.24, 2.45) is 0 Å². The highest BCUT2D eigenvalue weighted by atomic mass is 16.5. The summed E-state index contributed by atoms with van der Waals surface area (Å²) < 4.78 is 9.29. The predicted octanol–water partition coefficient (Wildman–Crippen LogP) is 0.0484. The average molecular weight is 187 g/mol. The smallest absolute Gasteiger partial charge is 0.337 e. The fraction of sp³-hybridized carbons (Fsp3) is 0.429. The topological polar surface area (TPSA) is 92.5 Å². The molecule has 0 radical (unpaired) electrons. The molecular formula is C7H9NO5. The number of ether oxygens (including phenoxy) is 1. The van der Waals surface area contributed by atoms with Crippen molar-refractivity contribution >= 4 is 5.97 Å². The van der Waals surface area contributed by atoms with E-state index < -0.39 is 17.6 Å². The van der Waals surface area contributed by atoms with Gasteiger partial charge in [-0.2, -0.15) is 5.16 Å². The van der Waals surface area contributed by atoms with E-state index in [0.717, 1.165) is 0 Å². The van der Waals surface area contributed by atoms with Crippen LogP contribution >= 0.6 is 0 Å². The van der Waals surface area contributed by atoms with Crippen molar-refractivity contribution < 1.29 is 19.2 Å². The second kappa shape index (κ2) is 3.44. The van der Waals surface area contributed by atoms with E-state index in [4.69, 9.17) is 5.11 Å². The Morgan fingerprint density at radius 1 is 1.69 bits per heavy atom. The van der Waals surface area contributed by atoms with E-state index in [2.05, 4.69) is 9.26 Å². The Morgan fingerprint density at radius 3 is 2.62 bits per heavy atom. The summed E-state index contributed by atoms with van der Waals surface area (Å²) in [6.45, 7) is 1.49. The zero-order valence-electron chi connectivity index (χ0n) is 7.16. The molecule has 0 aliphatic rings. The lowest BCUT2D eigenvalue weighted by atomic mass is 10.1. The number of H-pyrrole nitrogens is 1. The number of hydrogen-bond donors (Lipinski definition) is 2. The minimum Gasteiger partial charge on any atom is -0.479 e. The third-order valence-electron chi connectivity index (χ3n) is 1.64. The number of aryl methyl sites for hydroxylation is 1. The van der Waals surface area contributed by atoms with Gasteiger partial charge in [0.25, 0.3) is 5.56 Å². The maximum Gasteiger partial charge on any atom is 0.337 e. The molecule has 0 fully saturated rings. The summed E-state index contributed by atoms with van der Waals surface area (Å²) in [6.07, 6.45) is -1.28. The Balaban J connectivity index is 3.18. The van der Waals surface area contributed by atoms with Crippen LogP contribution in [0.3, 0.4) is 0 Å². The molecule has 6 heteroatoms. The van der Waals surface area contributed by atoms with E-state index >= 15 is 0 Å². The lowest BCUT2D eigenvalue weighted by molar-refractivity contribution is -0.149. The Hall–Kier alpha value is -1.56. The summed E-state index contributed by atoms with van der Waals surface area (Å²) in [6, 6.07) is 0. The molecule has 2 N–H and O–H groups in total. The summed E-state index contributed by atoms with van der Waals surface area (Å²) in [5.74, 6) is -1.00. The van der Waals surface area contributed by atoms with Gasteiger partial charge in [-0.3, -0.25) is 4.79 Å². The summed E-state index contributed by atoms with van der Waals surface area (Å²) in [4.78, 5) is 21.7. The third kappa shape index (κ3) is 1.62. The molecule has 0 spiro atoms. The molecule has 0 unspecified atom stereocenters. The fourth-order valence-corrected chi connectivity index (χ4v) is 1.04. The first-order valence-corrected chi connectivity index (χ1v) is 3.51. The van der Waals surface area contributed by atoms with Gasteiger partial charge in [0.2, 0.25) is 0 Å². The van der Waals surface area contributed by atoms with Gasteiger partial charge in [-0.25, -0.2) is 4.79 Å². The maximum atomic E-state index is 11.1. The van der Waals surface area contributed by atoms with Crippen LogP contribution < -0.4 is 5.56 Å². The number of methoxy groups -OCH3 is 1. The summed E-state index contributed by atoms with van der Waals surface area (Å²) in [7, 11) is 1.21. The standard InChI is InChI=1S/C7H9NO5/c1-3-4(6(9)8-13-3)5(12-2)7(10)11/h5H,1-2H3,(H,8,9)(H,10,11)/t5-/m1/s1. The van der Waals surface area contributed by atoms with Crippen molar-refractivity contribution in [2.75, 3.05) is 7.11 Å². The van der Waals surface area contributed by atoms with Crippen molar-refractivity contribution in [1.29, 1.82) is 0 Å². The Kier molecular flexibility index (Phi) is 2.52. The molecule has 72 valence electrons. The first kappa shape index (κ1) is 9.53. The van der Waals surface area contributed by atoms with E-state index in [1.165, 1.54) is 14.0 Å². The van der Waals surface area contributed by atoms with Crippen LogP contribution in [0.15, 0.2) is 9.32 Å². The number of carbonyl (C=O) groups is 1. The molecular weight excluding hydrogens is 178 g/mol. The molecule has 0 aromatic carbocycles. The Morgan fingerprint density at radius 2 is 2.31 bits per heavy atom. The average Bonchev–Trinajstić information content (AvgIpc) is 2.36. The summed E-state index contributed by atoms with van der Waals surface area (Å²) in [5.41, 5.74) is -0.582. The SMILES string of the molecule is CO[C@@H](C(=O)O)c1c(C)o[nH]c1=O. The number of aromatic nitrogens is 1. The number of carboxylic acid groups (broad SMARTS) is 1. The molecule has 1 heterocycles. The minimum atomic E-state index is -1.28. The first-order valence-electron chi connectivity index (χ1n) is 3.51. The Bertz CT molecular complexity index is 363. The number of hydrogen-bond acceptors (Lipinski definition) is 4. The van der Waals surface area contributed by atoms with Gasteiger partial charge in [0.1, 0.15) is 11.3 Å². The van der Waals surface area contributed by atoms with Gasteiger partial charge in [-0.1, -0.05) is 0 Å². The molecule has 0 bridgehead atoms. The van der Waals surface area contributed by atoms with Gasteiger partial charge in [0, 0.05) is 7.11 Å². The molecule has 0 saturated heterocycles. The van der Waals surface area contributed by atoms with Gasteiger partial charge in [-0.05, 0) is 6.92 Å². The number of rotatable bonds is 3. The third-order valence-corrected chi connectivity index (χ3v) is 1.64. The van der Waals surface area contributed by atoms with Gasteiger partial charge in [0.15, 0.2) is 6.10 Å². The van der Waals surface area contributed by atoms with Crippen molar-refractivity contribution in [3.05, 3.63) is 21.7 Å². The molecule has 0 amide bonds. The molecule has 6 nitrogen and oxygen atoms in total. The highest BCUT2D eigenvalue weighted by Crippen LogP contribution is 2.16. The molecule has 1 aromatic rings. The van der Waals surface area contributed by atoms with Gasteiger partial charge in [-0.15, -0.1) is 0 Å². The van der Waals surface area contributed by atoms with Crippen LogP contribution in [0.4, 0.5) is 0 Å². The fourth-order valence-electron chi connectivity index (χ4n) is 1.04. The first-order chi connectivity index (χ1) is 6.07. The van der Waals surface area contributed by atoms with Crippen LogP contribution in [0, 0.1) is 6.92 Å². The van der Waals surface area contributed by atoms with Crippen molar-refractivity contribution in [3.8, 4) is 0 Å². The van der Waals surface area contributed by atoms with Gasteiger partial charge >= 0.3 is 5.97 Å². The molecule has 0 saturated carbocycles. The minimum absolute atomic E-state index is 0.00463. The van der Waals surface area contributed by atoms with Crippen LogP contribution in [0.1, 0.15) is 17.4 Å². The number of aromatic amines is 1. The van der Waals surface area contributed by atoms with E-state index in [1.54, 1.807) is 0 Å². The van der Waals surface area contributed by atoms with Crippen LogP contribution in [0.2, 0.25) is 0 Å². The van der Waals surface area contributed by atoms with E-state index in [-0.39, 0.29) is 11.3 Å². The van der Waals surface area contributed by atoms with E-state index in [0.29, 0.717) is 0 Å². The molecule has 1 rings (SSSR count). The second-order valence-corrected chi connectivity index (χ2v) is 2.46. The maximum absolute atomic E-state index is 11.1. The molecule has 13 heavy (non-hydrogen) atoms. The van der Waals surface area contributed by atoms with E-state index in [9.17, 15) is 9.59 Å². The number of nitrogens with one attached hydrogen (secondary N) is 1. The van der Waals surface area contributed by atoms with Crippen molar-refractivity contribution in [3.63, 3.8) is 0 Å². The predicted molar refractivity (Wildman–Crippen MR) is 41.5 cm³/mol. The van der Waals surface area contributed by atoms with Gasteiger partial charge in [0.05, 0.1) is 0 Å². The van der Waals surface area contributed by atoms with Crippen LogP contribution in [0.5, 0.6) is 0 Å². The lowest BCUT2D eigenvalue weighted by Gasteiger charge is -2.06. The quantitative estimate of drug-likeness (QED) is 0.697. The Labute approximate surface area is 73.1 Å². The van der Waals surface area contributed by atoms with Crippen molar-refractivity contribution in [1.82, 2.24) is 5.16 Å². The molecule has 0 aliphatic heterocycles. The summed E-state index contributed by atoms with van der Waals surface area (Å²) in [5, 5.41) is 10.7. The summed E-state index contributed by atoms with van der Waals surface area (Å²) >= 11 is 0. The van der Waals surface area contributed by atoms with Gasteiger partial charge < -0.3 is 14.4 Å². The normalized spacial score (nSPS) is 12.8. The highest BCUT2D eigenvalue weighted by molar-refractivity contribution is 5.74. The molecule has 1 aromatic heterocycles. The lowest BCUT2D eigenvalue weighted by Crippen LogP contribution is -2.20. The monoisotopic (exact) mass is 187 g/mol. The largest absolute Gasteiger partial charge is 0.479 e. The van der Waals surface area contributed by atoms with Crippen LogP contribution in [0.25, 0.3) is 0 Å².